The molecule has 21 heavy (non-hydrogen) atoms. The van der Waals surface area contributed by atoms with Gasteiger partial charge in [-0.05, 0) is 50.5 Å². The molecule has 1 fully saturated rings. The van der Waals surface area contributed by atoms with Gasteiger partial charge in [-0.3, -0.25) is 0 Å². The number of thiophene rings is 1. The Morgan fingerprint density at radius 3 is 2.48 bits per heavy atom. The lowest BCUT2D eigenvalue weighted by atomic mass is 9.73. The first-order chi connectivity index (χ1) is 9.91. The van der Waals surface area contributed by atoms with E-state index in [9.17, 15) is 0 Å². The quantitative estimate of drug-likeness (QED) is 0.642. The van der Waals surface area contributed by atoms with E-state index in [2.05, 4.69) is 33.1 Å². The van der Waals surface area contributed by atoms with Gasteiger partial charge >= 0.3 is 0 Å². The van der Waals surface area contributed by atoms with Crippen LogP contribution in [-0.2, 0) is 0 Å². The van der Waals surface area contributed by atoms with Crippen molar-refractivity contribution in [1.82, 2.24) is 9.97 Å². The second-order valence-corrected chi connectivity index (χ2v) is 8.18. The topological polar surface area (TPSA) is 63.8 Å². The van der Waals surface area contributed by atoms with Crippen LogP contribution in [-0.4, -0.2) is 9.97 Å². The van der Waals surface area contributed by atoms with E-state index in [-0.39, 0.29) is 0 Å². The van der Waals surface area contributed by atoms with Crippen molar-refractivity contribution in [3.05, 3.63) is 16.3 Å². The van der Waals surface area contributed by atoms with E-state index in [0.717, 1.165) is 21.9 Å². The molecule has 1 aliphatic carbocycles. The third-order valence-electron chi connectivity index (χ3n) is 4.89. The number of rotatable bonds is 2. The number of nitrogens with two attached hydrogens (primary N) is 1. The third kappa shape index (κ3) is 2.64. The van der Waals surface area contributed by atoms with E-state index in [1.165, 1.54) is 36.1 Å². The molecular formula is C16H24N4S. The largest absolute Gasteiger partial charge is 0.308 e. The number of nitrogens with one attached hydrogen (secondary N) is 1. The van der Waals surface area contributed by atoms with Gasteiger partial charge in [0.05, 0.1) is 5.39 Å². The highest BCUT2D eigenvalue weighted by Gasteiger charge is 2.29. The van der Waals surface area contributed by atoms with Crippen LogP contribution in [0.1, 0.15) is 61.7 Å². The lowest BCUT2D eigenvalue weighted by Gasteiger charge is -2.33. The van der Waals surface area contributed by atoms with Crippen molar-refractivity contribution >= 4 is 27.4 Å². The number of fused-ring (bicyclic) bond motifs is 1. The fourth-order valence-electron chi connectivity index (χ4n) is 3.21. The lowest BCUT2D eigenvalue weighted by molar-refractivity contribution is 0.221. The summed E-state index contributed by atoms with van der Waals surface area (Å²) in [5.41, 5.74) is 4.47. The van der Waals surface area contributed by atoms with Crippen molar-refractivity contribution in [3.63, 3.8) is 0 Å². The van der Waals surface area contributed by atoms with E-state index < -0.39 is 0 Å². The standard InChI is InChI=1S/C16H24N4S/c1-9-10(2)21-15-12(9)14(20-17)18-13(19-15)11-5-7-16(3,4)8-6-11/h11H,5-8,17H2,1-4H3,(H,18,19,20). The Morgan fingerprint density at radius 2 is 1.86 bits per heavy atom. The molecule has 3 rings (SSSR count). The van der Waals surface area contributed by atoms with Crippen LogP contribution in [0.3, 0.4) is 0 Å². The van der Waals surface area contributed by atoms with Crippen LogP contribution < -0.4 is 11.3 Å². The number of hydrogen-bond acceptors (Lipinski definition) is 5. The van der Waals surface area contributed by atoms with E-state index in [4.69, 9.17) is 15.8 Å². The maximum Gasteiger partial charge on any atom is 0.152 e. The summed E-state index contributed by atoms with van der Waals surface area (Å²) in [6.45, 7) is 8.95. The molecule has 4 nitrogen and oxygen atoms in total. The number of nitrogens with zero attached hydrogens (tertiary/aromatic N) is 2. The molecular weight excluding hydrogens is 280 g/mol. The van der Waals surface area contributed by atoms with E-state index in [0.29, 0.717) is 11.3 Å². The number of aromatic nitrogens is 2. The minimum Gasteiger partial charge on any atom is -0.308 e. The zero-order valence-electron chi connectivity index (χ0n) is 13.3. The first-order valence-electron chi connectivity index (χ1n) is 7.65. The average Bonchev–Trinajstić information content (AvgIpc) is 2.73. The molecule has 2 aromatic heterocycles. The first-order valence-corrected chi connectivity index (χ1v) is 8.47. The van der Waals surface area contributed by atoms with Gasteiger partial charge in [0.15, 0.2) is 5.82 Å². The Bertz CT molecular complexity index is 664. The summed E-state index contributed by atoms with van der Waals surface area (Å²) in [4.78, 5) is 11.9. The van der Waals surface area contributed by atoms with Gasteiger partial charge in [0.1, 0.15) is 10.7 Å². The van der Waals surface area contributed by atoms with Crippen molar-refractivity contribution < 1.29 is 0 Å². The Morgan fingerprint density at radius 1 is 1.19 bits per heavy atom. The molecule has 0 bridgehead atoms. The predicted octanol–water partition coefficient (Wildman–Crippen LogP) is 4.28. The van der Waals surface area contributed by atoms with E-state index in [1.807, 2.05) is 0 Å². The smallest absolute Gasteiger partial charge is 0.152 e. The van der Waals surface area contributed by atoms with Gasteiger partial charge in [0.25, 0.3) is 0 Å². The Labute approximate surface area is 130 Å². The zero-order chi connectivity index (χ0) is 15.2. The summed E-state index contributed by atoms with van der Waals surface area (Å²) in [5.74, 6) is 7.91. The van der Waals surface area contributed by atoms with Gasteiger partial charge in [0.2, 0.25) is 0 Å². The van der Waals surface area contributed by atoms with Crippen LogP contribution in [0.2, 0.25) is 0 Å². The first kappa shape index (κ1) is 14.7. The third-order valence-corrected chi connectivity index (χ3v) is 5.99. The monoisotopic (exact) mass is 304 g/mol. The Kier molecular flexibility index (Phi) is 3.66. The molecule has 114 valence electrons. The van der Waals surface area contributed by atoms with Crippen molar-refractivity contribution in [2.45, 2.75) is 59.3 Å². The molecule has 1 saturated carbocycles. The highest BCUT2D eigenvalue weighted by atomic mass is 32.1. The SMILES string of the molecule is Cc1sc2nc(C3CCC(C)(C)CC3)nc(NN)c2c1C. The van der Waals surface area contributed by atoms with Crippen molar-refractivity contribution in [2.75, 3.05) is 5.43 Å². The zero-order valence-corrected chi connectivity index (χ0v) is 14.1. The van der Waals surface area contributed by atoms with Crippen LogP contribution in [0.15, 0.2) is 0 Å². The van der Waals surface area contributed by atoms with Crippen molar-refractivity contribution in [3.8, 4) is 0 Å². The minimum absolute atomic E-state index is 0.464. The molecule has 0 saturated heterocycles. The van der Waals surface area contributed by atoms with Gasteiger partial charge in [-0.25, -0.2) is 15.8 Å². The summed E-state index contributed by atoms with van der Waals surface area (Å²) >= 11 is 1.74. The molecule has 1 aliphatic rings. The number of hydrazine groups is 1. The second-order valence-electron chi connectivity index (χ2n) is 6.98. The summed E-state index contributed by atoms with van der Waals surface area (Å²) in [6.07, 6.45) is 4.83. The normalized spacial score (nSPS) is 19.1. The molecule has 0 spiro atoms. The average molecular weight is 304 g/mol. The van der Waals surface area contributed by atoms with Gasteiger partial charge in [-0.1, -0.05) is 13.8 Å². The molecule has 3 N–H and O–H groups in total. The molecule has 5 heteroatoms. The number of nitrogen functional groups attached to an aromatic ring is 1. The summed E-state index contributed by atoms with van der Waals surface area (Å²) < 4.78 is 0. The van der Waals surface area contributed by atoms with Crippen LogP contribution in [0.5, 0.6) is 0 Å². The number of aryl methyl sites for hydroxylation is 2. The van der Waals surface area contributed by atoms with Crippen LogP contribution in [0.4, 0.5) is 5.82 Å². The summed E-state index contributed by atoms with van der Waals surface area (Å²) in [5, 5.41) is 1.08. The molecule has 0 amide bonds. The maximum atomic E-state index is 5.70. The number of anilines is 1. The molecule has 0 atom stereocenters. The van der Waals surface area contributed by atoms with Crippen LogP contribution in [0, 0.1) is 19.3 Å². The van der Waals surface area contributed by atoms with Gasteiger partial charge in [0, 0.05) is 10.8 Å². The second kappa shape index (κ2) is 5.21. The van der Waals surface area contributed by atoms with Gasteiger partial charge in [-0.2, -0.15) is 0 Å². The van der Waals surface area contributed by atoms with E-state index >= 15 is 0 Å². The maximum absolute atomic E-state index is 5.70. The fraction of sp³-hybridized carbons (Fsp3) is 0.625. The molecule has 0 aliphatic heterocycles. The minimum atomic E-state index is 0.464. The summed E-state index contributed by atoms with van der Waals surface area (Å²) in [7, 11) is 0. The van der Waals surface area contributed by atoms with Crippen molar-refractivity contribution in [1.29, 1.82) is 0 Å². The molecule has 0 aromatic carbocycles. The highest BCUT2D eigenvalue weighted by Crippen LogP contribution is 2.42. The highest BCUT2D eigenvalue weighted by molar-refractivity contribution is 7.18. The molecule has 0 radical (unpaired) electrons. The molecule has 2 heterocycles. The van der Waals surface area contributed by atoms with Crippen LogP contribution in [0.25, 0.3) is 10.2 Å². The summed E-state index contributed by atoms with van der Waals surface area (Å²) in [6, 6.07) is 0. The lowest BCUT2D eigenvalue weighted by Crippen LogP contribution is -2.22. The van der Waals surface area contributed by atoms with Crippen LogP contribution >= 0.6 is 11.3 Å². The fourth-order valence-corrected chi connectivity index (χ4v) is 4.25. The van der Waals surface area contributed by atoms with Gasteiger partial charge < -0.3 is 5.43 Å². The number of hydrogen-bond donors (Lipinski definition) is 2. The predicted molar refractivity (Wildman–Crippen MR) is 89.7 cm³/mol. The Balaban J connectivity index is 2.01. The molecule has 0 unspecified atom stereocenters. The van der Waals surface area contributed by atoms with Crippen molar-refractivity contribution in [2.24, 2.45) is 11.3 Å². The van der Waals surface area contributed by atoms with Gasteiger partial charge in [-0.15, -0.1) is 11.3 Å². The molecule has 2 aromatic rings. The Hall–Kier alpha value is -1.20. The van der Waals surface area contributed by atoms with E-state index in [1.54, 1.807) is 11.3 Å².